The Morgan fingerprint density at radius 1 is 1.75 bits per heavy atom. The second-order valence-corrected chi connectivity index (χ2v) is 1.57. The largest absolute Gasteiger partial charge is 0.120 e. The standard InChI is InChI=1S/C8H10/c1-4-6-7-8(3)5-2/h1,5H,2-3,6-7H2. The van der Waals surface area contributed by atoms with E-state index in [9.17, 15) is 0 Å². The van der Waals surface area contributed by atoms with E-state index in [4.69, 9.17) is 6.42 Å². The van der Waals surface area contributed by atoms with E-state index in [-0.39, 0.29) is 0 Å². The molecule has 0 atom stereocenters. The summed E-state index contributed by atoms with van der Waals surface area (Å²) in [5.41, 5.74) is 1.02. The predicted molar refractivity (Wildman–Crippen MR) is 37.4 cm³/mol. The first kappa shape index (κ1) is 7.04. The molecule has 0 radical (unpaired) electrons. The summed E-state index contributed by atoms with van der Waals surface area (Å²) in [5.74, 6) is 2.52. The molecule has 0 unspecified atom stereocenters. The van der Waals surface area contributed by atoms with Crippen LogP contribution in [0.1, 0.15) is 12.8 Å². The lowest BCUT2D eigenvalue weighted by atomic mass is 10.2. The van der Waals surface area contributed by atoms with Gasteiger partial charge in [0.15, 0.2) is 0 Å². The number of allylic oxidation sites excluding steroid dienone is 2. The van der Waals surface area contributed by atoms with Crippen molar-refractivity contribution in [2.24, 2.45) is 0 Å². The zero-order chi connectivity index (χ0) is 6.41. The summed E-state index contributed by atoms with van der Waals surface area (Å²) in [4.78, 5) is 0. The van der Waals surface area contributed by atoms with Gasteiger partial charge in [-0.25, -0.2) is 0 Å². The molecule has 0 aromatic heterocycles. The minimum Gasteiger partial charge on any atom is -0.120 e. The number of hydrogen-bond donors (Lipinski definition) is 0. The van der Waals surface area contributed by atoms with Crippen molar-refractivity contribution >= 4 is 0 Å². The SMILES string of the molecule is C#CCCC(=C)C=C. The maximum absolute atomic E-state index is 5.01. The third-order valence-corrected chi connectivity index (χ3v) is 0.879. The molecule has 0 nitrogen and oxygen atoms in total. The zero-order valence-corrected chi connectivity index (χ0v) is 4.98. The van der Waals surface area contributed by atoms with Gasteiger partial charge >= 0.3 is 0 Å². The van der Waals surface area contributed by atoms with Crippen LogP contribution in [0.15, 0.2) is 24.8 Å². The Labute approximate surface area is 50.9 Å². The maximum atomic E-state index is 5.01. The lowest BCUT2D eigenvalue weighted by molar-refractivity contribution is 1.04. The Hall–Kier alpha value is -0.960. The Morgan fingerprint density at radius 3 is 2.75 bits per heavy atom. The van der Waals surface area contributed by atoms with Crippen molar-refractivity contribution in [2.75, 3.05) is 0 Å². The molecule has 8 heavy (non-hydrogen) atoms. The molecule has 0 spiro atoms. The van der Waals surface area contributed by atoms with Crippen molar-refractivity contribution < 1.29 is 0 Å². The summed E-state index contributed by atoms with van der Waals surface area (Å²) >= 11 is 0. The van der Waals surface area contributed by atoms with E-state index in [0.717, 1.165) is 18.4 Å². The van der Waals surface area contributed by atoms with Crippen molar-refractivity contribution in [2.45, 2.75) is 12.8 Å². The Morgan fingerprint density at radius 2 is 2.38 bits per heavy atom. The van der Waals surface area contributed by atoms with E-state index in [1.54, 1.807) is 6.08 Å². The lowest BCUT2D eigenvalue weighted by Gasteiger charge is -1.89. The molecule has 0 bridgehead atoms. The molecular formula is C8H10. The zero-order valence-electron chi connectivity index (χ0n) is 4.98. The van der Waals surface area contributed by atoms with Crippen molar-refractivity contribution in [1.29, 1.82) is 0 Å². The van der Waals surface area contributed by atoms with Gasteiger partial charge in [0.05, 0.1) is 0 Å². The van der Waals surface area contributed by atoms with Crippen molar-refractivity contribution in [3.63, 3.8) is 0 Å². The molecule has 0 aliphatic rings. The second-order valence-electron chi connectivity index (χ2n) is 1.57. The summed E-state index contributed by atoms with van der Waals surface area (Å²) < 4.78 is 0. The minimum atomic E-state index is 0.769. The quantitative estimate of drug-likeness (QED) is 0.382. The summed E-state index contributed by atoms with van der Waals surface area (Å²) in [6.07, 6.45) is 8.38. The van der Waals surface area contributed by atoms with E-state index >= 15 is 0 Å². The predicted octanol–water partition coefficient (Wildman–Crippen LogP) is 2.14. The first-order valence-corrected chi connectivity index (χ1v) is 2.55. The van der Waals surface area contributed by atoms with Gasteiger partial charge in [0.1, 0.15) is 0 Å². The molecule has 0 rings (SSSR count). The highest BCUT2D eigenvalue weighted by Crippen LogP contribution is 2.00. The van der Waals surface area contributed by atoms with E-state index in [2.05, 4.69) is 19.1 Å². The molecule has 0 heteroatoms. The smallest absolute Gasteiger partial charge is 0.0126 e. The van der Waals surface area contributed by atoms with Crippen LogP contribution in [0.25, 0.3) is 0 Å². The second kappa shape index (κ2) is 4.21. The number of rotatable bonds is 3. The molecule has 0 heterocycles. The summed E-state index contributed by atoms with van der Waals surface area (Å²) in [7, 11) is 0. The third kappa shape index (κ3) is 3.24. The monoisotopic (exact) mass is 106 g/mol. The Balaban J connectivity index is 3.28. The van der Waals surface area contributed by atoms with Gasteiger partial charge in [0, 0.05) is 6.42 Å². The van der Waals surface area contributed by atoms with Gasteiger partial charge in [0.2, 0.25) is 0 Å². The molecule has 0 aliphatic heterocycles. The van der Waals surface area contributed by atoms with Gasteiger partial charge in [-0.15, -0.1) is 12.3 Å². The molecule has 42 valence electrons. The minimum absolute atomic E-state index is 0.769. The van der Waals surface area contributed by atoms with Crippen molar-refractivity contribution in [3.05, 3.63) is 24.8 Å². The van der Waals surface area contributed by atoms with Crippen LogP contribution in [0.4, 0.5) is 0 Å². The summed E-state index contributed by atoms with van der Waals surface area (Å²) in [6, 6.07) is 0. The van der Waals surface area contributed by atoms with Gasteiger partial charge < -0.3 is 0 Å². The molecular weight excluding hydrogens is 96.1 g/mol. The summed E-state index contributed by atoms with van der Waals surface area (Å²) in [6.45, 7) is 7.24. The van der Waals surface area contributed by atoms with Gasteiger partial charge in [-0.05, 0) is 6.42 Å². The first-order chi connectivity index (χ1) is 3.81. The van der Waals surface area contributed by atoms with E-state index in [1.807, 2.05) is 0 Å². The van der Waals surface area contributed by atoms with Crippen LogP contribution in [-0.4, -0.2) is 0 Å². The fourth-order valence-corrected chi connectivity index (χ4v) is 0.335. The third-order valence-electron chi connectivity index (χ3n) is 0.879. The van der Waals surface area contributed by atoms with E-state index < -0.39 is 0 Å². The average molecular weight is 106 g/mol. The summed E-state index contributed by atoms with van der Waals surface area (Å²) in [5, 5.41) is 0. The van der Waals surface area contributed by atoms with Gasteiger partial charge in [-0.1, -0.05) is 24.8 Å². The molecule has 0 aliphatic carbocycles. The van der Waals surface area contributed by atoms with Crippen molar-refractivity contribution in [3.8, 4) is 12.3 Å². The van der Waals surface area contributed by atoms with Crippen LogP contribution in [0, 0.1) is 12.3 Å². The topological polar surface area (TPSA) is 0 Å². The number of hydrogen-bond acceptors (Lipinski definition) is 0. The normalized spacial score (nSPS) is 7.38. The Bertz CT molecular complexity index is 123. The highest BCUT2D eigenvalue weighted by molar-refractivity contribution is 5.12. The van der Waals surface area contributed by atoms with Crippen LogP contribution in [-0.2, 0) is 0 Å². The first-order valence-electron chi connectivity index (χ1n) is 2.55. The van der Waals surface area contributed by atoms with E-state index in [0.29, 0.717) is 0 Å². The number of terminal acetylenes is 1. The highest BCUT2D eigenvalue weighted by atomic mass is 13.9. The maximum Gasteiger partial charge on any atom is 0.0126 e. The molecule has 0 saturated heterocycles. The Kier molecular flexibility index (Phi) is 3.70. The fraction of sp³-hybridized carbons (Fsp3) is 0.250. The molecule has 0 fully saturated rings. The highest BCUT2D eigenvalue weighted by Gasteiger charge is 1.82. The van der Waals surface area contributed by atoms with Crippen LogP contribution >= 0.6 is 0 Å². The fourth-order valence-electron chi connectivity index (χ4n) is 0.335. The van der Waals surface area contributed by atoms with Crippen molar-refractivity contribution in [1.82, 2.24) is 0 Å². The van der Waals surface area contributed by atoms with Crippen LogP contribution in [0.3, 0.4) is 0 Å². The lowest BCUT2D eigenvalue weighted by Crippen LogP contribution is -1.71. The van der Waals surface area contributed by atoms with Gasteiger partial charge in [-0.2, -0.15) is 0 Å². The van der Waals surface area contributed by atoms with Gasteiger partial charge in [0.25, 0.3) is 0 Å². The van der Waals surface area contributed by atoms with Gasteiger partial charge in [-0.3, -0.25) is 0 Å². The molecule has 0 aromatic rings. The molecule has 0 aromatic carbocycles. The molecule has 0 N–H and O–H groups in total. The van der Waals surface area contributed by atoms with Crippen LogP contribution < -0.4 is 0 Å². The van der Waals surface area contributed by atoms with E-state index in [1.165, 1.54) is 0 Å². The molecule has 0 amide bonds. The van der Waals surface area contributed by atoms with Crippen LogP contribution in [0.5, 0.6) is 0 Å². The molecule has 0 saturated carbocycles. The average Bonchev–Trinajstić information content (AvgIpc) is 1.83. The van der Waals surface area contributed by atoms with Crippen LogP contribution in [0.2, 0.25) is 0 Å².